The Morgan fingerprint density at radius 2 is 1.71 bits per heavy atom. The Hall–Kier alpha value is -6.21. The number of hydrogen-bond donors (Lipinski definition) is 3. The van der Waals surface area contributed by atoms with Gasteiger partial charge >= 0.3 is 6.01 Å². The number of carbonyl (C=O) groups excluding carboxylic acids is 2. The molecule has 2 saturated carbocycles. The molecular weight excluding hydrogens is 925 g/mol. The molecule has 3 unspecified atom stereocenters. The molecular formula is C58H65F2N9O4. The highest BCUT2D eigenvalue weighted by molar-refractivity contribution is 6.04. The van der Waals surface area contributed by atoms with Crippen LogP contribution >= 0.6 is 0 Å². The Morgan fingerprint density at radius 1 is 0.959 bits per heavy atom. The number of aryl methyl sites for hydroxylation is 1. The van der Waals surface area contributed by atoms with Crippen LogP contribution in [0.25, 0.3) is 43.7 Å². The van der Waals surface area contributed by atoms with Crippen LogP contribution < -0.4 is 20.3 Å². The predicted molar refractivity (Wildman–Crippen MR) is 279 cm³/mol. The topological polar surface area (TPSA) is 141 Å². The summed E-state index contributed by atoms with van der Waals surface area (Å²) in [6.07, 6.45) is 18.9. The Balaban J connectivity index is 0.685. The zero-order valence-electron chi connectivity index (χ0n) is 41.9. The number of carbonyl (C=O) groups is 2. The van der Waals surface area contributed by atoms with Crippen molar-refractivity contribution in [3.63, 3.8) is 0 Å². The standard InChI is InChI=1S/C58H65F2N9O4/c1-4-42-48(59)14-8-37-26-41(71)28-47(50(37)42)43-12-13-45-53(51(43)60)63-56(64-54(45)69-31-38-9-10-39(32-69)62-38)73-34-58(17-18-58)33-67-23-19-57(20-24-67)29-40(30-57)68-21-15-35(16-22-68)36-7-11-44-49(27-36)66(3)65-52(44)46(6-5-25-70)55(72)61-2/h1,7-8,11-14,25-28,35,38-40,46,62,71H,5-6,9-10,15-24,29-34H2,2-3H3,(H,61,72). The number of likely N-dealkylation sites (tertiary alicyclic amines) is 2. The Bertz CT molecular complexity index is 3170. The molecule has 2 aliphatic carbocycles. The van der Waals surface area contributed by atoms with Gasteiger partial charge in [0, 0.05) is 85.4 Å². The molecule has 3 N–H and O–H groups in total. The largest absolute Gasteiger partial charge is 0.508 e. The van der Waals surface area contributed by atoms with Crippen molar-refractivity contribution in [3.8, 4) is 35.2 Å². The summed E-state index contributed by atoms with van der Waals surface area (Å²) in [5.74, 6) is 1.74. The Morgan fingerprint density at radius 3 is 2.42 bits per heavy atom. The Kier molecular flexibility index (Phi) is 12.4. The molecule has 2 bridgehead atoms. The van der Waals surface area contributed by atoms with E-state index in [0.29, 0.717) is 76.4 Å². The summed E-state index contributed by atoms with van der Waals surface area (Å²) in [6.45, 7) is 7.28. The van der Waals surface area contributed by atoms with Gasteiger partial charge in [-0.3, -0.25) is 9.48 Å². The number of hydrogen-bond acceptors (Lipinski definition) is 11. The third kappa shape index (κ3) is 8.86. The van der Waals surface area contributed by atoms with E-state index in [9.17, 15) is 14.7 Å². The number of halogens is 2. The quantitative estimate of drug-likeness (QED) is 0.0717. The minimum absolute atomic E-state index is 0.00512. The smallest absolute Gasteiger partial charge is 0.319 e. The van der Waals surface area contributed by atoms with Gasteiger partial charge in [-0.2, -0.15) is 15.1 Å². The van der Waals surface area contributed by atoms with E-state index in [1.54, 1.807) is 19.2 Å². The first-order valence-electron chi connectivity index (χ1n) is 26.6. The monoisotopic (exact) mass is 990 g/mol. The van der Waals surface area contributed by atoms with Crippen LogP contribution in [0.4, 0.5) is 14.6 Å². The summed E-state index contributed by atoms with van der Waals surface area (Å²) < 4.78 is 40.8. The van der Waals surface area contributed by atoms with Gasteiger partial charge in [0.2, 0.25) is 5.91 Å². The number of piperidine rings is 2. The van der Waals surface area contributed by atoms with Gasteiger partial charge < -0.3 is 40.0 Å². The first-order chi connectivity index (χ1) is 35.4. The van der Waals surface area contributed by atoms with Crippen molar-refractivity contribution in [2.75, 3.05) is 64.4 Å². The van der Waals surface area contributed by atoms with Gasteiger partial charge in [0.1, 0.15) is 29.2 Å². The highest BCUT2D eigenvalue weighted by atomic mass is 19.1. The van der Waals surface area contributed by atoms with Crippen LogP contribution in [0, 0.1) is 34.8 Å². The van der Waals surface area contributed by atoms with E-state index in [4.69, 9.17) is 26.2 Å². The van der Waals surface area contributed by atoms with Crippen LogP contribution in [0.15, 0.2) is 54.6 Å². The molecule has 12 rings (SSSR count). The van der Waals surface area contributed by atoms with E-state index >= 15 is 8.78 Å². The number of aromatic hydroxyl groups is 1. The number of phenols is 1. The van der Waals surface area contributed by atoms with E-state index in [1.165, 1.54) is 49.4 Å². The fourth-order valence-corrected chi connectivity index (χ4v) is 13.6. The maximum Gasteiger partial charge on any atom is 0.319 e. The number of likely N-dealkylation sites (N-methyl/N-ethyl adjacent to an activating group) is 1. The van der Waals surface area contributed by atoms with Gasteiger partial charge in [-0.15, -0.1) is 6.42 Å². The minimum Gasteiger partial charge on any atom is -0.508 e. The number of piperazine rings is 1. The molecule has 4 saturated heterocycles. The van der Waals surface area contributed by atoms with Crippen molar-refractivity contribution in [3.05, 3.63) is 83.1 Å². The van der Waals surface area contributed by atoms with Gasteiger partial charge in [0.05, 0.1) is 29.3 Å². The molecule has 13 nitrogen and oxygen atoms in total. The number of nitrogens with zero attached hydrogens (tertiary/aromatic N) is 7. The third-order valence-electron chi connectivity index (χ3n) is 17.9. The number of anilines is 1. The Labute approximate surface area is 425 Å². The SMILES string of the molecule is C#Cc1c(F)ccc2cc(O)cc(-c3ccc4c(N5CC6CCC(C5)N6)nc(OCC5(CN6CCC7(CC6)CC(N6CCC(c8ccc9c(C(CCC=O)C(=O)NC)nn(C)c9c8)CC6)C7)CC5)nc4c3F)c12. The molecule has 15 heteroatoms. The fraction of sp³-hybridized carbons (Fsp3) is 0.500. The zero-order chi connectivity index (χ0) is 50.2. The lowest BCUT2D eigenvalue weighted by Crippen LogP contribution is -2.56. The average Bonchev–Trinajstić information content (AvgIpc) is 3.97. The normalized spacial score (nSPS) is 22.4. The van der Waals surface area contributed by atoms with Gasteiger partial charge in [-0.1, -0.05) is 30.2 Å². The second-order valence-electron chi connectivity index (χ2n) is 22.5. The first-order valence-corrected chi connectivity index (χ1v) is 26.6. The molecule has 6 aromatic rings. The first kappa shape index (κ1) is 47.8. The summed E-state index contributed by atoms with van der Waals surface area (Å²) in [6, 6.07) is 17.3. The van der Waals surface area contributed by atoms with Crippen molar-refractivity contribution in [2.45, 2.75) is 107 Å². The maximum absolute atomic E-state index is 17.2. The van der Waals surface area contributed by atoms with Crippen molar-refractivity contribution >= 4 is 50.6 Å². The number of rotatable bonds is 14. The molecule has 1 spiro atoms. The van der Waals surface area contributed by atoms with Crippen molar-refractivity contribution < 1.29 is 28.2 Å². The molecule has 6 heterocycles. The number of nitrogens with one attached hydrogen (secondary N) is 2. The highest BCUT2D eigenvalue weighted by Gasteiger charge is 2.51. The van der Waals surface area contributed by atoms with Crippen LogP contribution in [0.1, 0.15) is 106 Å². The summed E-state index contributed by atoms with van der Waals surface area (Å²) in [5.41, 5.74) is 4.10. The number of phenolic OH excluding ortho intramolecular Hbond substituents is 1. The molecule has 1 amide bonds. The number of aldehydes is 1. The number of amides is 1. The summed E-state index contributed by atoms with van der Waals surface area (Å²) in [7, 11) is 3.57. The van der Waals surface area contributed by atoms with Crippen molar-refractivity contribution in [1.82, 2.24) is 40.2 Å². The van der Waals surface area contributed by atoms with Crippen LogP contribution in [-0.2, 0) is 16.6 Å². The molecule has 4 aliphatic heterocycles. The fourth-order valence-electron chi connectivity index (χ4n) is 13.6. The summed E-state index contributed by atoms with van der Waals surface area (Å²) in [4.78, 5) is 41.4. The predicted octanol–water partition coefficient (Wildman–Crippen LogP) is 8.33. The van der Waals surface area contributed by atoms with Gasteiger partial charge in [-0.25, -0.2) is 8.78 Å². The second kappa shape index (κ2) is 18.9. The average molecular weight is 990 g/mol. The van der Waals surface area contributed by atoms with E-state index in [-0.39, 0.29) is 39.7 Å². The van der Waals surface area contributed by atoms with E-state index in [1.807, 2.05) is 17.8 Å². The molecule has 0 radical (unpaired) electrons. The van der Waals surface area contributed by atoms with Crippen molar-refractivity contribution in [2.24, 2.45) is 17.9 Å². The molecule has 73 heavy (non-hydrogen) atoms. The number of terminal acetylenes is 1. The van der Waals surface area contributed by atoms with Gasteiger partial charge in [0.25, 0.3) is 0 Å². The molecule has 6 aliphatic rings. The van der Waals surface area contributed by atoms with Crippen LogP contribution in [0.3, 0.4) is 0 Å². The van der Waals surface area contributed by atoms with Gasteiger partial charge in [0.15, 0.2) is 5.82 Å². The van der Waals surface area contributed by atoms with Gasteiger partial charge in [-0.05, 0) is 155 Å². The summed E-state index contributed by atoms with van der Waals surface area (Å²) in [5, 5.41) is 24.4. The number of aromatic nitrogens is 4. The zero-order valence-corrected chi connectivity index (χ0v) is 41.9. The molecule has 380 valence electrons. The number of benzene rings is 4. The van der Waals surface area contributed by atoms with Crippen molar-refractivity contribution in [1.29, 1.82) is 0 Å². The molecule has 6 fully saturated rings. The minimum atomic E-state index is -0.605. The van der Waals surface area contributed by atoms with Crippen LogP contribution in [0.5, 0.6) is 11.8 Å². The maximum atomic E-state index is 17.2. The summed E-state index contributed by atoms with van der Waals surface area (Å²) >= 11 is 0. The van der Waals surface area contributed by atoms with Crippen LogP contribution in [0.2, 0.25) is 0 Å². The molecule has 4 aromatic carbocycles. The third-order valence-corrected chi connectivity index (χ3v) is 17.9. The lowest BCUT2D eigenvalue weighted by Gasteiger charge is -2.56. The molecule has 3 atom stereocenters. The second-order valence-corrected chi connectivity index (χ2v) is 22.5. The number of ether oxygens (including phenoxy) is 1. The lowest BCUT2D eigenvalue weighted by atomic mass is 9.59. The number of fused-ring (bicyclic) bond motifs is 5. The molecule has 2 aromatic heterocycles. The lowest BCUT2D eigenvalue weighted by molar-refractivity contribution is -0.122. The van der Waals surface area contributed by atoms with Crippen LogP contribution in [-0.4, -0.2) is 124 Å². The van der Waals surface area contributed by atoms with E-state index in [2.05, 4.69) is 49.5 Å². The van der Waals surface area contributed by atoms with E-state index in [0.717, 1.165) is 107 Å². The van der Waals surface area contributed by atoms with E-state index < -0.39 is 17.6 Å². The highest BCUT2D eigenvalue weighted by Crippen LogP contribution is 2.54.